The molecule has 9 heteroatoms. The molecule has 0 saturated heterocycles. The van der Waals surface area contributed by atoms with Crippen molar-refractivity contribution in [2.75, 3.05) is 26.1 Å². The van der Waals surface area contributed by atoms with E-state index < -0.39 is 24.3 Å². The van der Waals surface area contributed by atoms with Crippen LogP contribution in [0.3, 0.4) is 0 Å². The normalized spacial score (nSPS) is 10.6. The summed E-state index contributed by atoms with van der Waals surface area (Å²) in [6.07, 6.45) is 2.51. The van der Waals surface area contributed by atoms with E-state index in [-0.39, 0.29) is 28.0 Å². The second-order valence-electron chi connectivity index (χ2n) is 5.39. The van der Waals surface area contributed by atoms with Gasteiger partial charge in [0.1, 0.15) is 5.82 Å². The van der Waals surface area contributed by atoms with Gasteiger partial charge in [0.2, 0.25) is 5.75 Å². The van der Waals surface area contributed by atoms with Crippen molar-refractivity contribution >= 4 is 35.2 Å². The first-order chi connectivity index (χ1) is 13.3. The van der Waals surface area contributed by atoms with Crippen LogP contribution in [0.15, 0.2) is 36.4 Å². The Hall–Kier alpha value is -3.26. The molecule has 0 saturated carbocycles. The van der Waals surface area contributed by atoms with Crippen molar-refractivity contribution in [2.24, 2.45) is 0 Å². The van der Waals surface area contributed by atoms with Crippen molar-refractivity contribution in [3.8, 4) is 17.2 Å². The summed E-state index contributed by atoms with van der Waals surface area (Å²) < 4.78 is 28.0. The van der Waals surface area contributed by atoms with E-state index in [2.05, 4.69) is 5.32 Å². The van der Waals surface area contributed by atoms with Crippen LogP contribution in [-0.2, 0) is 14.3 Å². The van der Waals surface area contributed by atoms with Gasteiger partial charge in [0.15, 0.2) is 18.1 Å². The Bertz CT molecular complexity index is 890. The van der Waals surface area contributed by atoms with Gasteiger partial charge in [-0.15, -0.1) is 0 Å². The molecule has 0 bridgehead atoms. The summed E-state index contributed by atoms with van der Waals surface area (Å²) in [5.74, 6) is -1.81. The molecule has 1 amide bonds. The molecule has 0 aliphatic carbocycles. The molecule has 0 unspecified atom stereocenters. The number of carbonyl (C=O) groups is 2. The Morgan fingerprint density at radius 2 is 1.82 bits per heavy atom. The molecule has 0 aromatic heterocycles. The minimum atomic E-state index is -0.765. The second-order valence-corrected chi connectivity index (χ2v) is 5.80. The van der Waals surface area contributed by atoms with Crippen LogP contribution in [0.4, 0.5) is 10.1 Å². The van der Waals surface area contributed by atoms with Crippen molar-refractivity contribution in [3.05, 3.63) is 52.8 Å². The molecule has 0 atom stereocenters. The Kier molecular flexibility index (Phi) is 7.22. The number of amides is 1. The van der Waals surface area contributed by atoms with Gasteiger partial charge in [0.05, 0.1) is 19.2 Å². The van der Waals surface area contributed by atoms with E-state index in [1.807, 2.05) is 0 Å². The van der Waals surface area contributed by atoms with E-state index in [0.717, 1.165) is 12.1 Å². The second kappa shape index (κ2) is 9.61. The first-order valence-electron chi connectivity index (χ1n) is 7.88. The predicted molar refractivity (Wildman–Crippen MR) is 101 cm³/mol. The number of ether oxygens (including phenoxy) is 3. The fourth-order valence-electron chi connectivity index (χ4n) is 2.13. The van der Waals surface area contributed by atoms with E-state index in [9.17, 15) is 19.1 Å². The van der Waals surface area contributed by atoms with E-state index in [1.165, 1.54) is 44.6 Å². The van der Waals surface area contributed by atoms with Crippen LogP contribution in [0, 0.1) is 5.82 Å². The van der Waals surface area contributed by atoms with Crippen LogP contribution in [-0.4, -0.2) is 37.8 Å². The number of phenols is 1. The SMILES string of the molecule is COc1cc(/C=C/C(=O)OCC(=O)Nc2ccc(F)c(Cl)c2)cc(OC)c1O. The highest BCUT2D eigenvalue weighted by Gasteiger charge is 2.11. The van der Waals surface area contributed by atoms with Gasteiger partial charge in [-0.25, -0.2) is 9.18 Å². The topological polar surface area (TPSA) is 94.1 Å². The molecule has 0 radical (unpaired) electrons. The molecule has 0 aliphatic heterocycles. The van der Waals surface area contributed by atoms with Crippen LogP contribution in [0.1, 0.15) is 5.56 Å². The van der Waals surface area contributed by atoms with Gasteiger partial charge in [-0.3, -0.25) is 4.79 Å². The Morgan fingerprint density at radius 3 is 2.39 bits per heavy atom. The third-order valence-electron chi connectivity index (χ3n) is 3.46. The number of aromatic hydroxyl groups is 1. The number of phenolic OH excluding ortho intramolecular Hbond substituents is 1. The van der Waals surface area contributed by atoms with Gasteiger partial charge in [-0.1, -0.05) is 11.6 Å². The molecular formula is C19H17ClFNO6. The molecule has 0 fully saturated rings. The van der Waals surface area contributed by atoms with E-state index in [4.69, 9.17) is 25.8 Å². The highest BCUT2D eigenvalue weighted by atomic mass is 35.5. The van der Waals surface area contributed by atoms with Crippen molar-refractivity contribution < 1.29 is 33.3 Å². The molecule has 2 aromatic rings. The number of esters is 1. The fourth-order valence-corrected chi connectivity index (χ4v) is 2.31. The Morgan fingerprint density at radius 1 is 1.18 bits per heavy atom. The maximum atomic E-state index is 13.1. The summed E-state index contributed by atoms with van der Waals surface area (Å²) in [6, 6.07) is 6.65. The van der Waals surface area contributed by atoms with E-state index in [1.54, 1.807) is 0 Å². The van der Waals surface area contributed by atoms with Crippen molar-refractivity contribution in [1.29, 1.82) is 0 Å². The third kappa shape index (κ3) is 5.62. The highest BCUT2D eigenvalue weighted by Crippen LogP contribution is 2.37. The van der Waals surface area contributed by atoms with Gasteiger partial charge >= 0.3 is 5.97 Å². The standard InChI is InChI=1S/C19H17ClFNO6/c1-26-15-7-11(8-16(27-2)19(15)25)3-6-18(24)28-10-17(23)22-12-4-5-14(21)13(20)9-12/h3-9,25H,10H2,1-2H3,(H,22,23)/b6-3+. The van der Waals surface area contributed by atoms with Crippen molar-refractivity contribution in [3.63, 3.8) is 0 Å². The number of hydrogen-bond acceptors (Lipinski definition) is 6. The average Bonchev–Trinajstić information content (AvgIpc) is 2.68. The largest absolute Gasteiger partial charge is 0.502 e. The lowest BCUT2D eigenvalue weighted by molar-refractivity contribution is -0.142. The monoisotopic (exact) mass is 409 g/mol. The van der Waals surface area contributed by atoms with Crippen LogP contribution in [0.5, 0.6) is 17.2 Å². The predicted octanol–water partition coefficient (Wildman–Crippen LogP) is 3.40. The minimum Gasteiger partial charge on any atom is -0.502 e. The quantitative estimate of drug-likeness (QED) is 0.537. The lowest BCUT2D eigenvalue weighted by Crippen LogP contribution is -2.20. The summed E-state index contributed by atoms with van der Waals surface area (Å²) in [5.41, 5.74) is 0.778. The molecule has 28 heavy (non-hydrogen) atoms. The first kappa shape index (κ1) is 21.0. The highest BCUT2D eigenvalue weighted by molar-refractivity contribution is 6.31. The maximum Gasteiger partial charge on any atom is 0.331 e. The van der Waals surface area contributed by atoms with Crippen LogP contribution < -0.4 is 14.8 Å². The molecule has 7 nitrogen and oxygen atoms in total. The Labute approximate surface area is 165 Å². The average molecular weight is 410 g/mol. The smallest absolute Gasteiger partial charge is 0.331 e. The van der Waals surface area contributed by atoms with Crippen LogP contribution >= 0.6 is 11.6 Å². The van der Waals surface area contributed by atoms with E-state index >= 15 is 0 Å². The van der Waals surface area contributed by atoms with Crippen molar-refractivity contribution in [2.45, 2.75) is 0 Å². The molecule has 2 aromatic carbocycles. The number of hydrogen-bond donors (Lipinski definition) is 2. The molecule has 0 spiro atoms. The summed E-state index contributed by atoms with van der Waals surface area (Å²) in [4.78, 5) is 23.6. The van der Waals surface area contributed by atoms with E-state index in [0.29, 0.717) is 5.56 Å². The lowest BCUT2D eigenvalue weighted by Gasteiger charge is -2.09. The Balaban J connectivity index is 1.93. The van der Waals surface area contributed by atoms with Gasteiger partial charge < -0.3 is 24.6 Å². The fraction of sp³-hybridized carbons (Fsp3) is 0.158. The minimum absolute atomic E-state index is 0.141. The summed E-state index contributed by atoms with van der Waals surface area (Å²) in [5, 5.41) is 12.1. The number of nitrogens with one attached hydrogen (secondary N) is 1. The number of carbonyl (C=O) groups excluding carboxylic acids is 2. The molecule has 0 heterocycles. The molecule has 2 N–H and O–H groups in total. The number of anilines is 1. The van der Waals surface area contributed by atoms with Crippen LogP contribution in [0.2, 0.25) is 5.02 Å². The van der Waals surface area contributed by atoms with Crippen molar-refractivity contribution in [1.82, 2.24) is 0 Å². The summed E-state index contributed by atoms with van der Waals surface area (Å²) in [7, 11) is 2.76. The molecule has 148 valence electrons. The third-order valence-corrected chi connectivity index (χ3v) is 3.75. The molecular weight excluding hydrogens is 393 g/mol. The number of methoxy groups -OCH3 is 2. The maximum absolute atomic E-state index is 13.1. The van der Waals surface area contributed by atoms with Gasteiger partial charge in [0.25, 0.3) is 5.91 Å². The lowest BCUT2D eigenvalue weighted by atomic mass is 10.1. The van der Waals surface area contributed by atoms with Crippen LogP contribution in [0.25, 0.3) is 6.08 Å². The molecule has 2 rings (SSSR count). The van der Waals surface area contributed by atoms with Gasteiger partial charge in [0, 0.05) is 11.8 Å². The zero-order valence-corrected chi connectivity index (χ0v) is 15.7. The van der Waals surface area contributed by atoms with Gasteiger partial charge in [-0.05, 0) is 42.0 Å². The first-order valence-corrected chi connectivity index (χ1v) is 8.26. The zero-order valence-electron chi connectivity index (χ0n) is 15.0. The number of halogens is 2. The van der Waals surface area contributed by atoms with Gasteiger partial charge in [-0.2, -0.15) is 0 Å². The zero-order chi connectivity index (χ0) is 20.7. The number of rotatable bonds is 7. The molecule has 0 aliphatic rings. The summed E-state index contributed by atoms with van der Waals surface area (Å²) >= 11 is 5.62. The number of benzene rings is 2. The summed E-state index contributed by atoms with van der Waals surface area (Å²) in [6.45, 7) is -0.541.